The summed E-state index contributed by atoms with van der Waals surface area (Å²) >= 11 is 0. The first-order valence-electron chi connectivity index (χ1n) is 17.6. The van der Waals surface area contributed by atoms with E-state index in [4.69, 9.17) is 8.53 Å². The molecule has 0 aliphatic carbocycles. The first kappa shape index (κ1) is 27.2. The van der Waals surface area contributed by atoms with E-state index < -0.39 is 6.85 Å². The van der Waals surface area contributed by atoms with Crippen molar-refractivity contribution in [3.8, 4) is 33.5 Å². The highest BCUT2D eigenvalue weighted by atomic mass is 16.3. The number of aryl methyl sites for hydroxylation is 3. The fraction of sp³-hybridized carbons (Fsp3) is 0.326. The van der Waals surface area contributed by atoms with E-state index in [1.54, 1.807) is 0 Å². The molecule has 6 aromatic rings. The Morgan fingerprint density at radius 2 is 1.42 bits per heavy atom. The van der Waals surface area contributed by atoms with Crippen LogP contribution in [0.4, 0.5) is 0 Å². The number of furan rings is 1. The zero-order chi connectivity index (χ0) is 34.9. The molecule has 0 amide bonds. The number of para-hydroxylation sites is 1. The molecule has 0 saturated heterocycles. The highest BCUT2D eigenvalue weighted by Crippen LogP contribution is 2.45. The van der Waals surface area contributed by atoms with Crippen LogP contribution in [0.25, 0.3) is 55.4 Å². The molecule has 45 heavy (non-hydrogen) atoms. The van der Waals surface area contributed by atoms with Gasteiger partial charge in [0, 0.05) is 32.1 Å². The lowest BCUT2D eigenvalue weighted by Gasteiger charge is -2.31. The Bertz CT molecular complexity index is 2170. The molecule has 0 spiro atoms. The number of hydrogen-bond donors (Lipinski definition) is 0. The summed E-state index contributed by atoms with van der Waals surface area (Å²) in [6, 6.07) is 27.7. The molecule has 2 heterocycles. The summed E-state index contributed by atoms with van der Waals surface area (Å²) in [5.74, 6) is 0.183. The molecule has 230 valence electrons. The van der Waals surface area contributed by atoms with Crippen LogP contribution >= 0.6 is 0 Å². The summed E-state index contributed by atoms with van der Waals surface area (Å²) in [5.41, 5.74) is 12.2. The first-order chi connectivity index (χ1) is 22.4. The third-order valence-corrected chi connectivity index (χ3v) is 9.22. The van der Waals surface area contributed by atoms with Crippen LogP contribution in [-0.2, 0) is 17.9 Å². The number of aromatic nitrogens is 1. The summed E-state index contributed by atoms with van der Waals surface area (Å²) in [5, 5.41) is 2.10. The molecule has 0 bridgehead atoms. The van der Waals surface area contributed by atoms with Gasteiger partial charge in [-0.2, -0.15) is 0 Å². The largest absolute Gasteiger partial charge is 0.454 e. The number of rotatable bonds is 4. The van der Waals surface area contributed by atoms with Crippen LogP contribution in [0.15, 0.2) is 89.5 Å². The normalized spacial score (nSPS) is 13.8. The van der Waals surface area contributed by atoms with Crippen molar-refractivity contribution in [3.05, 3.63) is 113 Å². The highest BCUT2D eigenvalue weighted by Gasteiger charge is 2.30. The third-order valence-electron chi connectivity index (χ3n) is 9.22. The van der Waals surface area contributed by atoms with E-state index in [-0.39, 0.29) is 16.7 Å². The van der Waals surface area contributed by atoms with Gasteiger partial charge in [0.05, 0.1) is 5.56 Å². The van der Waals surface area contributed by atoms with Gasteiger partial charge in [0.25, 0.3) is 0 Å². The molecule has 0 radical (unpaired) electrons. The van der Waals surface area contributed by atoms with E-state index in [2.05, 4.69) is 123 Å². The van der Waals surface area contributed by atoms with Crippen molar-refractivity contribution in [2.24, 2.45) is 7.05 Å². The van der Waals surface area contributed by atoms with Crippen molar-refractivity contribution in [3.63, 3.8) is 0 Å². The number of pyridine rings is 1. The predicted octanol–water partition coefficient (Wildman–Crippen LogP) is 11.7. The molecule has 6 rings (SSSR count). The molecule has 0 fully saturated rings. The first-order valence-corrected chi connectivity index (χ1v) is 16.1. The monoisotopic (exact) mass is 597 g/mol. The Morgan fingerprint density at radius 3 is 2.07 bits per heavy atom. The molecule has 2 aromatic heterocycles. The van der Waals surface area contributed by atoms with Crippen LogP contribution in [0, 0.1) is 13.8 Å². The summed E-state index contributed by atoms with van der Waals surface area (Å²) < 4.78 is 35.0. The Kier molecular flexibility index (Phi) is 6.65. The number of benzene rings is 4. The summed E-state index contributed by atoms with van der Waals surface area (Å²) in [6.07, 6.45) is 1.82. The van der Waals surface area contributed by atoms with Gasteiger partial charge in [0.2, 0.25) is 5.69 Å². The zero-order valence-corrected chi connectivity index (χ0v) is 28.5. The van der Waals surface area contributed by atoms with Crippen molar-refractivity contribution < 1.29 is 13.1 Å². The molecule has 2 heteroatoms. The SMILES string of the molecule is [2H]C([2H])([2H])c1c[n+](C)c(-c2c(C)ccc3c2oc2c(-c4ccccc4)cccc23)cc1-c1c(C(C)C)cc(C(C)(C)C)cc1C(C)(C)C. The van der Waals surface area contributed by atoms with Gasteiger partial charge in [-0.25, -0.2) is 4.57 Å². The minimum atomic E-state index is -2.32. The fourth-order valence-electron chi connectivity index (χ4n) is 6.67. The Balaban J connectivity index is 1.73. The summed E-state index contributed by atoms with van der Waals surface area (Å²) in [7, 11) is 1.95. The van der Waals surface area contributed by atoms with E-state index in [0.29, 0.717) is 5.56 Å². The minimum Gasteiger partial charge on any atom is -0.454 e. The topological polar surface area (TPSA) is 17.0 Å². The average molecular weight is 598 g/mol. The maximum Gasteiger partial charge on any atom is 0.216 e. The quantitative estimate of drug-likeness (QED) is 0.185. The molecule has 4 aromatic carbocycles. The van der Waals surface area contributed by atoms with Crippen molar-refractivity contribution in [2.45, 2.75) is 85.9 Å². The molecule has 0 N–H and O–H groups in total. The van der Waals surface area contributed by atoms with E-state index in [1.807, 2.05) is 36.0 Å². The Labute approximate surface area is 274 Å². The number of nitrogens with zero attached hydrogens (tertiary/aromatic N) is 1. The standard InChI is InChI=1S/C43H48NO/c1-26(2)34-22-30(42(5,6)7)23-36(43(8,9)10)39(34)35-24-37(44(11)25-28(35)4)38-27(3)20-21-33-32-19-15-18-31(40(32)45-41(33)38)29-16-13-12-14-17-29/h12-26H,1-11H3/q+1/i4D3. The van der Waals surface area contributed by atoms with Gasteiger partial charge in [0.15, 0.2) is 6.20 Å². The highest BCUT2D eigenvalue weighted by molar-refractivity contribution is 6.13. The van der Waals surface area contributed by atoms with Gasteiger partial charge in [-0.1, -0.05) is 128 Å². The third kappa shape index (κ3) is 5.39. The smallest absolute Gasteiger partial charge is 0.216 e. The second-order valence-corrected chi connectivity index (χ2v) is 15.0. The molecule has 0 aliphatic heterocycles. The zero-order valence-electron chi connectivity index (χ0n) is 31.5. The van der Waals surface area contributed by atoms with Gasteiger partial charge < -0.3 is 4.42 Å². The van der Waals surface area contributed by atoms with Crippen LogP contribution < -0.4 is 4.57 Å². The molecule has 0 unspecified atom stereocenters. The maximum atomic E-state index is 8.73. The van der Waals surface area contributed by atoms with Crippen molar-refractivity contribution in [1.82, 2.24) is 0 Å². The van der Waals surface area contributed by atoms with Gasteiger partial charge >= 0.3 is 0 Å². The average Bonchev–Trinajstić information content (AvgIpc) is 3.38. The van der Waals surface area contributed by atoms with Crippen LogP contribution in [0.1, 0.15) is 93.2 Å². The summed E-state index contributed by atoms with van der Waals surface area (Å²) in [6.45, 7) is 17.6. The molecular formula is C43H48NO+. The second-order valence-electron chi connectivity index (χ2n) is 15.0. The second kappa shape index (κ2) is 11.0. The van der Waals surface area contributed by atoms with Crippen LogP contribution in [0.5, 0.6) is 0 Å². The van der Waals surface area contributed by atoms with Gasteiger partial charge in [0.1, 0.15) is 18.2 Å². The van der Waals surface area contributed by atoms with Crippen LogP contribution in [0.2, 0.25) is 0 Å². The number of fused-ring (bicyclic) bond motifs is 3. The van der Waals surface area contributed by atoms with Gasteiger partial charge in [-0.05, 0) is 69.5 Å². The van der Waals surface area contributed by atoms with Crippen LogP contribution in [0.3, 0.4) is 0 Å². The minimum absolute atomic E-state index is 0.0596. The van der Waals surface area contributed by atoms with Gasteiger partial charge in [-0.15, -0.1) is 0 Å². The molecule has 0 atom stereocenters. The predicted molar refractivity (Wildman–Crippen MR) is 192 cm³/mol. The lowest BCUT2D eigenvalue weighted by molar-refractivity contribution is -0.660. The molecule has 0 saturated carbocycles. The van der Waals surface area contributed by atoms with Crippen LogP contribution in [-0.4, -0.2) is 0 Å². The fourth-order valence-corrected chi connectivity index (χ4v) is 6.67. The van der Waals surface area contributed by atoms with E-state index in [1.165, 1.54) is 11.1 Å². The lowest BCUT2D eigenvalue weighted by atomic mass is 9.73. The molecule has 0 aliphatic rings. The molecular weight excluding hydrogens is 546 g/mol. The van der Waals surface area contributed by atoms with E-state index in [0.717, 1.165) is 66.6 Å². The lowest BCUT2D eigenvalue weighted by Crippen LogP contribution is -2.31. The van der Waals surface area contributed by atoms with E-state index >= 15 is 0 Å². The van der Waals surface area contributed by atoms with E-state index in [9.17, 15) is 0 Å². The summed E-state index contributed by atoms with van der Waals surface area (Å²) in [4.78, 5) is 0. The van der Waals surface area contributed by atoms with Gasteiger partial charge in [-0.3, -0.25) is 0 Å². The molecule has 2 nitrogen and oxygen atoms in total. The van der Waals surface area contributed by atoms with Crippen molar-refractivity contribution in [2.75, 3.05) is 0 Å². The van der Waals surface area contributed by atoms with Crippen molar-refractivity contribution in [1.29, 1.82) is 0 Å². The Hall–Kier alpha value is -4.17. The van der Waals surface area contributed by atoms with Crippen molar-refractivity contribution >= 4 is 21.9 Å². The number of hydrogen-bond acceptors (Lipinski definition) is 1. The Morgan fingerprint density at radius 1 is 0.711 bits per heavy atom. The maximum absolute atomic E-state index is 8.73.